The maximum atomic E-state index is 13.7. The van der Waals surface area contributed by atoms with Crippen molar-refractivity contribution in [3.05, 3.63) is 84.8 Å². The molecule has 0 saturated heterocycles. The van der Waals surface area contributed by atoms with Crippen molar-refractivity contribution in [2.45, 2.75) is 18.9 Å². The van der Waals surface area contributed by atoms with Crippen LogP contribution in [0.4, 0.5) is 10.1 Å². The average Bonchev–Trinajstić information content (AvgIpc) is 2.69. The number of fused-ring (bicyclic) bond motifs is 1. The molecule has 28 heavy (non-hydrogen) atoms. The molecule has 0 spiro atoms. The van der Waals surface area contributed by atoms with Gasteiger partial charge >= 0.3 is 11.8 Å². The Balaban J connectivity index is 1.66. The van der Waals surface area contributed by atoms with Crippen LogP contribution >= 0.6 is 0 Å². The summed E-state index contributed by atoms with van der Waals surface area (Å²) in [5.41, 5.74) is 1.58. The summed E-state index contributed by atoms with van der Waals surface area (Å²) in [5.74, 6) is -2.00. The van der Waals surface area contributed by atoms with Gasteiger partial charge in [-0.05, 0) is 30.5 Å². The molecule has 2 N–H and O–H groups in total. The predicted octanol–water partition coefficient (Wildman–Crippen LogP) is 3.62. The molecule has 3 aromatic rings. The number of hydrogen-bond donors (Lipinski definition) is 2. The van der Waals surface area contributed by atoms with E-state index in [2.05, 4.69) is 22.2 Å². The highest BCUT2D eigenvalue weighted by molar-refractivity contribution is 6.39. The van der Waals surface area contributed by atoms with E-state index in [4.69, 9.17) is 0 Å². The fourth-order valence-electron chi connectivity index (χ4n) is 2.92. The number of carbonyl (C=O) groups excluding carboxylic acids is 2. The van der Waals surface area contributed by atoms with Crippen molar-refractivity contribution in [1.29, 1.82) is 0 Å². The van der Waals surface area contributed by atoms with Crippen molar-refractivity contribution in [2.75, 3.05) is 5.32 Å². The summed E-state index contributed by atoms with van der Waals surface area (Å²) < 4.78 is 13.7. The summed E-state index contributed by atoms with van der Waals surface area (Å²) in [6, 6.07) is 15.6. The Hall–Kier alpha value is -3.54. The van der Waals surface area contributed by atoms with Crippen molar-refractivity contribution in [1.82, 2.24) is 10.3 Å². The number of para-hydroxylation sites is 1. The zero-order valence-corrected chi connectivity index (χ0v) is 15.2. The number of aromatic nitrogens is 1. The Bertz CT molecular complexity index is 1010. The lowest BCUT2D eigenvalue weighted by Gasteiger charge is -2.17. The molecule has 2 aromatic carbocycles. The van der Waals surface area contributed by atoms with Gasteiger partial charge in [-0.3, -0.25) is 14.6 Å². The molecular formula is C22H20FN3O2. The number of anilines is 1. The van der Waals surface area contributed by atoms with Gasteiger partial charge in [-0.1, -0.05) is 48.5 Å². The van der Waals surface area contributed by atoms with Gasteiger partial charge in [0.25, 0.3) is 0 Å². The van der Waals surface area contributed by atoms with Crippen LogP contribution in [0.1, 0.15) is 12.0 Å². The minimum Gasteiger partial charge on any atom is -0.344 e. The number of nitrogens with zero attached hydrogens (tertiary/aromatic N) is 1. The van der Waals surface area contributed by atoms with Gasteiger partial charge in [-0.25, -0.2) is 4.39 Å². The highest BCUT2D eigenvalue weighted by atomic mass is 19.1. The van der Waals surface area contributed by atoms with Gasteiger partial charge in [-0.2, -0.15) is 0 Å². The molecule has 0 bridgehead atoms. The Morgan fingerprint density at radius 1 is 1.11 bits per heavy atom. The van der Waals surface area contributed by atoms with E-state index in [-0.39, 0.29) is 11.6 Å². The van der Waals surface area contributed by atoms with Crippen LogP contribution in [0.3, 0.4) is 0 Å². The van der Waals surface area contributed by atoms with Gasteiger partial charge in [0.1, 0.15) is 11.3 Å². The minimum atomic E-state index is -0.806. The van der Waals surface area contributed by atoms with Gasteiger partial charge in [-0.15, -0.1) is 6.58 Å². The Kier molecular flexibility index (Phi) is 6.11. The molecular weight excluding hydrogens is 357 g/mol. The number of amides is 2. The summed E-state index contributed by atoms with van der Waals surface area (Å²) in [6.07, 6.45) is 4.14. The Morgan fingerprint density at radius 3 is 2.64 bits per heavy atom. The van der Waals surface area contributed by atoms with Crippen LogP contribution in [-0.2, 0) is 16.0 Å². The number of halogens is 1. The van der Waals surface area contributed by atoms with Crippen LogP contribution in [-0.4, -0.2) is 22.8 Å². The van der Waals surface area contributed by atoms with E-state index in [1.54, 1.807) is 24.3 Å². The first-order valence-corrected chi connectivity index (χ1v) is 8.87. The molecule has 6 heteroatoms. The molecule has 0 fully saturated rings. The number of hydrogen-bond acceptors (Lipinski definition) is 3. The van der Waals surface area contributed by atoms with Crippen LogP contribution in [0.2, 0.25) is 0 Å². The topological polar surface area (TPSA) is 71.1 Å². The van der Waals surface area contributed by atoms with Crippen LogP contribution in [0.5, 0.6) is 0 Å². The van der Waals surface area contributed by atoms with Crippen LogP contribution in [0.25, 0.3) is 10.9 Å². The van der Waals surface area contributed by atoms with Gasteiger partial charge in [0, 0.05) is 11.4 Å². The van der Waals surface area contributed by atoms with Crippen LogP contribution in [0, 0.1) is 5.82 Å². The summed E-state index contributed by atoms with van der Waals surface area (Å²) >= 11 is 0. The van der Waals surface area contributed by atoms with Gasteiger partial charge in [0.15, 0.2) is 0 Å². The molecule has 2 amide bonds. The smallest absolute Gasteiger partial charge is 0.313 e. The molecule has 0 saturated carbocycles. The number of carbonyl (C=O) groups is 2. The normalized spacial score (nSPS) is 11.6. The van der Waals surface area contributed by atoms with Crippen LogP contribution in [0.15, 0.2) is 73.4 Å². The molecule has 1 unspecified atom stereocenters. The second-order valence-corrected chi connectivity index (χ2v) is 6.37. The average molecular weight is 377 g/mol. The third-order valence-electron chi connectivity index (χ3n) is 4.24. The van der Waals surface area contributed by atoms with Crippen molar-refractivity contribution in [3.8, 4) is 0 Å². The number of pyridine rings is 1. The van der Waals surface area contributed by atoms with Gasteiger partial charge < -0.3 is 10.6 Å². The molecule has 1 aromatic heterocycles. The maximum absolute atomic E-state index is 13.7. The van der Waals surface area contributed by atoms with E-state index in [1.165, 1.54) is 12.3 Å². The first-order valence-electron chi connectivity index (χ1n) is 8.87. The lowest BCUT2D eigenvalue weighted by atomic mass is 10.0. The zero-order valence-electron chi connectivity index (χ0n) is 15.2. The lowest BCUT2D eigenvalue weighted by Crippen LogP contribution is -2.42. The number of nitrogens with one attached hydrogen (secondary N) is 2. The largest absolute Gasteiger partial charge is 0.344 e. The second-order valence-electron chi connectivity index (χ2n) is 6.37. The summed E-state index contributed by atoms with van der Waals surface area (Å²) in [7, 11) is 0. The fourth-order valence-corrected chi connectivity index (χ4v) is 2.92. The standard InChI is InChI=1S/C22H20FN3O2/c1-2-7-17(12-15-8-4-3-5-9-15)25-21(27)22(28)26-18-13-16-10-6-11-19(23)20(16)24-14-18/h2-6,8-11,13-14,17H,1,7,12H2,(H,25,27)(H,26,28). The van der Waals surface area contributed by atoms with Crippen LogP contribution < -0.4 is 10.6 Å². The fraction of sp³-hybridized carbons (Fsp3) is 0.136. The minimum absolute atomic E-state index is 0.207. The van der Waals surface area contributed by atoms with Gasteiger partial charge in [0.2, 0.25) is 0 Å². The van der Waals surface area contributed by atoms with Crippen molar-refractivity contribution < 1.29 is 14.0 Å². The number of benzene rings is 2. The van der Waals surface area contributed by atoms with E-state index >= 15 is 0 Å². The second kappa shape index (κ2) is 8.90. The molecule has 0 aliphatic carbocycles. The first-order chi connectivity index (χ1) is 13.6. The van der Waals surface area contributed by atoms with Crippen molar-refractivity contribution >= 4 is 28.4 Å². The van der Waals surface area contributed by atoms with Crippen molar-refractivity contribution in [3.63, 3.8) is 0 Å². The number of rotatable bonds is 6. The van der Waals surface area contributed by atoms with Gasteiger partial charge in [0.05, 0.1) is 11.9 Å². The maximum Gasteiger partial charge on any atom is 0.313 e. The predicted molar refractivity (Wildman–Crippen MR) is 107 cm³/mol. The highest BCUT2D eigenvalue weighted by Crippen LogP contribution is 2.19. The molecule has 1 atom stereocenters. The Labute approximate surface area is 162 Å². The quantitative estimate of drug-likeness (QED) is 0.509. The monoisotopic (exact) mass is 377 g/mol. The highest BCUT2D eigenvalue weighted by Gasteiger charge is 2.19. The van der Waals surface area contributed by atoms with E-state index in [1.807, 2.05) is 30.3 Å². The van der Waals surface area contributed by atoms with Crippen molar-refractivity contribution in [2.24, 2.45) is 0 Å². The summed E-state index contributed by atoms with van der Waals surface area (Å²) in [6.45, 7) is 3.71. The molecule has 0 radical (unpaired) electrons. The summed E-state index contributed by atoms with van der Waals surface area (Å²) in [5, 5.41) is 5.77. The molecule has 0 aliphatic rings. The summed E-state index contributed by atoms with van der Waals surface area (Å²) in [4.78, 5) is 28.6. The third-order valence-corrected chi connectivity index (χ3v) is 4.24. The molecule has 0 aliphatic heterocycles. The van der Waals surface area contributed by atoms with E-state index < -0.39 is 17.6 Å². The van der Waals surface area contributed by atoms with E-state index in [0.717, 1.165) is 5.56 Å². The molecule has 5 nitrogen and oxygen atoms in total. The Morgan fingerprint density at radius 2 is 1.89 bits per heavy atom. The molecule has 3 rings (SSSR count). The van der Waals surface area contributed by atoms with E-state index in [0.29, 0.717) is 23.9 Å². The molecule has 142 valence electrons. The van der Waals surface area contributed by atoms with E-state index in [9.17, 15) is 14.0 Å². The zero-order chi connectivity index (χ0) is 19.9. The first kappa shape index (κ1) is 19.2. The molecule has 1 heterocycles. The SMILES string of the molecule is C=CCC(Cc1ccccc1)NC(=O)C(=O)Nc1cnc2c(F)cccc2c1. The lowest BCUT2D eigenvalue weighted by molar-refractivity contribution is -0.136. The third kappa shape index (κ3) is 4.79.